The van der Waals surface area contributed by atoms with Crippen molar-refractivity contribution in [2.75, 3.05) is 13.1 Å². The molecule has 0 aliphatic carbocycles. The number of piperidine rings is 1. The lowest BCUT2D eigenvalue weighted by atomic mass is 9.93. The highest BCUT2D eigenvalue weighted by Gasteiger charge is 2.20. The van der Waals surface area contributed by atoms with E-state index in [9.17, 15) is 4.79 Å². The molecule has 0 saturated carbocycles. The van der Waals surface area contributed by atoms with E-state index in [1.54, 1.807) is 0 Å². The van der Waals surface area contributed by atoms with E-state index < -0.39 is 0 Å². The molecule has 1 aromatic carbocycles. The summed E-state index contributed by atoms with van der Waals surface area (Å²) in [4.78, 5) is 13.3. The molecule has 0 spiro atoms. The number of amides is 1. The first kappa shape index (κ1) is 14.5. The third kappa shape index (κ3) is 4.36. The van der Waals surface area contributed by atoms with Gasteiger partial charge in [0.1, 0.15) is 0 Å². The van der Waals surface area contributed by atoms with Crippen LogP contribution in [-0.4, -0.2) is 23.9 Å². The maximum absolute atomic E-state index is 10.9. The number of rotatable bonds is 5. The highest BCUT2D eigenvalue weighted by Crippen LogP contribution is 2.22. The molecule has 20 heavy (non-hydrogen) atoms. The first-order valence-corrected chi connectivity index (χ1v) is 7.17. The summed E-state index contributed by atoms with van der Waals surface area (Å²) in [6.07, 6.45) is 3.77. The van der Waals surface area contributed by atoms with Crippen LogP contribution in [0.4, 0.5) is 0 Å². The molecule has 4 nitrogen and oxygen atoms in total. The Hall–Kier alpha value is -1.86. The maximum atomic E-state index is 10.9. The summed E-state index contributed by atoms with van der Waals surface area (Å²) in [7, 11) is 0. The van der Waals surface area contributed by atoms with Gasteiger partial charge in [-0.3, -0.25) is 9.69 Å². The maximum Gasteiger partial charge on any atom is 0.217 e. The highest BCUT2D eigenvalue weighted by molar-refractivity contribution is 5.73. The molecule has 0 aromatic heterocycles. The largest absolute Gasteiger partial charge is 0.370 e. The van der Waals surface area contributed by atoms with Crippen LogP contribution in [0.25, 0.3) is 0 Å². The summed E-state index contributed by atoms with van der Waals surface area (Å²) in [6.45, 7) is 3.05. The second-order valence-electron chi connectivity index (χ2n) is 5.56. The fourth-order valence-electron chi connectivity index (χ4n) is 2.82. The van der Waals surface area contributed by atoms with E-state index >= 15 is 0 Å². The van der Waals surface area contributed by atoms with Crippen LogP contribution in [0.5, 0.6) is 0 Å². The van der Waals surface area contributed by atoms with Gasteiger partial charge in [0.15, 0.2) is 0 Å². The number of nitrogens with zero attached hydrogens (tertiary/aromatic N) is 2. The van der Waals surface area contributed by atoms with Crippen LogP contribution in [0.2, 0.25) is 0 Å². The minimum Gasteiger partial charge on any atom is -0.370 e. The van der Waals surface area contributed by atoms with Gasteiger partial charge in [0, 0.05) is 19.5 Å². The fourth-order valence-corrected chi connectivity index (χ4v) is 2.82. The normalized spacial score (nSPS) is 19.4. The number of nitriles is 1. The lowest BCUT2D eigenvalue weighted by Crippen LogP contribution is -2.35. The molecule has 106 valence electrons. The minimum atomic E-state index is -0.200. The van der Waals surface area contributed by atoms with Crippen LogP contribution in [0.3, 0.4) is 0 Å². The molecule has 1 atom stereocenters. The average Bonchev–Trinajstić information content (AvgIpc) is 2.46. The van der Waals surface area contributed by atoms with Gasteiger partial charge in [-0.2, -0.15) is 5.26 Å². The Labute approximate surface area is 120 Å². The van der Waals surface area contributed by atoms with Crippen LogP contribution in [-0.2, 0) is 11.3 Å². The van der Waals surface area contributed by atoms with Gasteiger partial charge in [0.05, 0.1) is 11.6 Å². The molecule has 1 heterocycles. The summed E-state index contributed by atoms with van der Waals surface area (Å²) in [5.74, 6) is 0.379. The molecule has 0 unspecified atom stereocenters. The van der Waals surface area contributed by atoms with E-state index in [-0.39, 0.29) is 5.91 Å². The second-order valence-corrected chi connectivity index (χ2v) is 5.56. The van der Waals surface area contributed by atoms with Crippen LogP contribution in [0, 0.1) is 17.2 Å². The molecule has 2 rings (SSSR count). The molecule has 1 aliphatic rings. The van der Waals surface area contributed by atoms with Crippen molar-refractivity contribution in [3.05, 3.63) is 35.4 Å². The zero-order valence-corrected chi connectivity index (χ0v) is 11.7. The number of benzene rings is 1. The Morgan fingerprint density at radius 3 is 2.80 bits per heavy atom. The van der Waals surface area contributed by atoms with Gasteiger partial charge in [-0.1, -0.05) is 12.1 Å². The van der Waals surface area contributed by atoms with Gasteiger partial charge in [-0.25, -0.2) is 0 Å². The van der Waals surface area contributed by atoms with E-state index in [1.165, 1.54) is 18.4 Å². The molecular formula is C16H21N3O. The molecule has 1 aliphatic heterocycles. The number of nitrogens with two attached hydrogens (primary N) is 1. The van der Waals surface area contributed by atoms with Gasteiger partial charge < -0.3 is 5.73 Å². The predicted octanol–water partition coefficient (Wildman–Crippen LogP) is 2.04. The zero-order valence-electron chi connectivity index (χ0n) is 11.7. The van der Waals surface area contributed by atoms with Crippen molar-refractivity contribution in [2.24, 2.45) is 11.7 Å². The lowest BCUT2D eigenvalue weighted by molar-refractivity contribution is -0.118. The van der Waals surface area contributed by atoms with E-state index in [0.29, 0.717) is 17.9 Å². The molecule has 0 bridgehead atoms. The topological polar surface area (TPSA) is 70.1 Å². The molecule has 1 fully saturated rings. The number of hydrogen-bond acceptors (Lipinski definition) is 3. The van der Waals surface area contributed by atoms with Crippen molar-refractivity contribution < 1.29 is 4.79 Å². The quantitative estimate of drug-likeness (QED) is 0.890. The van der Waals surface area contributed by atoms with Crippen molar-refractivity contribution in [3.63, 3.8) is 0 Å². The number of hydrogen-bond donors (Lipinski definition) is 1. The number of primary amides is 1. The summed E-state index contributed by atoms with van der Waals surface area (Å²) in [6, 6.07) is 9.90. The smallest absolute Gasteiger partial charge is 0.217 e. The van der Waals surface area contributed by atoms with Gasteiger partial charge in [-0.15, -0.1) is 0 Å². The van der Waals surface area contributed by atoms with Gasteiger partial charge >= 0.3 is 0 Å². The predicted molar refractivity (Wildman–Crippen MR) is 77.6 cm³/mol. The van der Waals surface area contributed by atoms with E-state index in [2.05, 4.69) is 11.0 Å². The monoisotopic (exact) mass is 271 g/mol. The molecule has 1 saturated heterocycles. The fraction of sp³-hybridized carbons (Fsp3) is 0.500. The SMILES string of the molecule is N#Cc1ccc(CN2CCC[C@H](CCC(N)=O)C2)cc1. The third-order valence-electron chi connectivity index (χ3n) is 3.89. The second kappa shape index (κ2) is 7.06. The van der Waals surface area contributed by atoms with E-state index in [4.69, 9.17) is 11.0 Å². The third-order valence-corrected chi connectivity index (χ3v) is 3.89. The molecule has 0 radical (unpaired) electrons. The van der Waals surface area contributed by atoms with Gasteiger partial charge in [0.2, 0.25) is 5.91 Å². The van der Waals surface area contributed by atoms with Crippen LogP contribution >= 0.6 is 0 Å². The lowest BCUT2D eigenvalue weighted by Gasteiger charge is -2.32. The molecule has 1 amide bonds. The number of likely N-dealkylation sites (tertiary alicyclic amines) is 1. The van der Waals surface area contributed by atoms with Crippen molar-refractivity contribution in [3.8, 4) is 6.07 Å². The molecule has 4 heteroatoms. The first-order valence-electron chi connectivity index (χ1n) is 7.17. The van der Waals surface area contributed by atoms with Gasteiger partial charge in [0.25, 0.3) is 0 Å². The Balaban J connectivity index is 1.85. The van der Waals surface area contributed by atoms with Gasteiger partial charge in [-0.05, 0) is 49.4 Å². The molecule has 2 N–H and O–H groups in total. The summed E-state index contributed by atoms with van der Waals surface area (Å²) < 4.78 is 0. The Morgan fingerprint density at radius 2 is 2.15 bits per heavy atom. The number of carbonyl (C=O) groups is 1. The standard InChI is InChI=1S/C16H21N3O/c17-10-13-3-5-15(6-4-13)12-19-9-1-2-14(11-19)7-8-16(18)20/h3-6,14H,1-2,7-9,11-12H2,(H2,18,20)/t14-/m1/s1. The highest BCUT2D eigenvalue weighted by atomic mass is 16.1. The Kier molecular flexibility index (Phi) is 5.14. The summed E-state index contributed by atoms with van der Waals surface area (Å²) in [5, 5.41) is 8.79. The zero-order chi connectivity index (χ0) is 14.4. The van der Waals surface area contributed by atoms with E-state index in [0.717, 1.165) is 26.1 Å². The minimum absolute atomic E-state index is 0.200. The van der Waals surface area contributed by atoms with Crippen molar-refractivity contribution >= 4 is 5.91 Å². The summed E-state index contributed by atoms with van der Waals surface area (Å²) in [5.41, 5.74) is 7.15. The van der Waals surface area contributed by atoms with Crippen molar-refractivity contribution in [2.45, 2.75) is 32.2 Å². The van der Waals surface area contributed by atoms with Crippen molar-refractivity contribution in [1.82, 2.24) is 4.90 Å². The Bertz CT molecular complexity index is 489. The Morgan fingerprint density at radius 1 is 1.40 bits per heavy atom. The molecular weight excluding hydrogens is 250 g/mol. The first-order chi connectivity index (χ1) is 9.67. The average molecular weight is 271 g/mol. The van der Waals surface area contributed by atoms with Crippen LogP contribution in [0.1, 0.15) is 36.8 Å². The number of carbonyl (C=O) groups excluding carboxylic acids is 1. The summed E-state index contributed by atoms with van der Waals surface area (Å²) >= 11 is 0. The van der Waals surface area contributed by atoms with E-state index in [1.807, 2.05) is 24.3 Å². The molecule has 1 aromatic rings. The van der Waals surface area contributed by atoms with Crippen LogP contribution < -0.4 is 5.73 Å². The van der Waals surface area contributed by atoms with Crippen LogP contribution in [0.15, 0.2) is 24.3 Å². The van der Waals surface area contributed by atoms with Crippen molar-refractivity contribution in [1.29, 1.82) is 5.26 Å².